The van der Waals surface area contributed by atoms with Crippen LogP contribution in [-0.2, 0) is 0 Å². The molecule has 0 aliphatic carbocycles. The summed E-state index contributed by atoms with van der Waals surface area (Å²) in [5.41, 5.74) is 6.56. The number of nitrogens with zero attached hydrogens (tertiary/aromatic N) is 1. The largest absolute Gasteiger partial charge is 0.368 e. The monoisotopic (exact) mass is 526 g/mol. The third kappa shape index (κ3) is 11.4. The molecule has 1 aromatic rings. The first-order chi connectivity index (χ1) is 17.4. The van der Waals surface area contributed by atoms with Gasteiger partial charge in [-0.15, -0.1) is 0 Å². The van der Waals surface area contributed by atoms with Crippen LogP contribution in [0.1, 0.15) is 77.3 Å². The van der Waals surface area contributed by atoms with Gasteiger partial charge in [0.15, 0.2) is 0 Å². The summed E-state index contributed by atoms with van der Waals surface area (Å²) in [6.45, 7) is 20.4. The average Bonchev–Trinajstić information content (AvgIpc) is 2.89. The molecule has 2 rings (SSSR count). The molecule has 1 fully saturated rings. The summed E-state index contributed by atoms with van der Waals surface area (Å²) < 4.78 is 2.48. The van der Waals surface area contributed by atoms with Crippen molar-refractivity contribution in [2.24, 2.45) is 5.92 Å². The zero-order valence-corrected chi connectivity index (χ0v) is 24.9. The molecule has 0 saturated carbocycles. The van der Waals surface area contributed by atoms with Crippen LogP contribution in [0.25, 0.3) is 6.08 Å². The van der Waals surface area contributed by atoms with Gasteiger partial charge in [0.25, 0.3) is 0 Å². The first-order valence-corrected chi connectivity index (χ1v) is 14.7. The SMILES string of the molecule is C=C/C=C\C(C)=C\C(c1ccc(Cl)cc1/C=C(\C)CC/C(C)=C/NC=C)C1CCN(SC)CC1.CC. The van der Waals surface area contributed by atoms with E-state index in [1.54, 1.807) is 6.20 Å². The van der Waals surface area contributed by atoms with Gasteiger partial charge in [0.2, 0.25) is 0 Å². The smallest absolute Gasteiger partial charge is 0.0412 e. The molecule has 0 aromatic heterocycles. The van der Waals surface area contributed by atoms with Crippen LogP contribution in [-0.4, -0.2) is 23.7 Å². The summed E-state index contributed by atoms with van der Waals surface area (Å²) in [5.74, 6) is 0.965. The van der Waals surface area contributed by atoms with Gasteiger partial charge in [-0.1, -0.05) is 104 Å². The number of benzene rings is 1. The standard InChI is InChI=1S/C30H41ClN2S.C2H6/c1-7-9-10-23(3)20-30(26-15-17-33(34-6)18-16-26)29-14-13-28(31)21-27(29)19-24(4)11-12-25(5)22-32-8-2;1-2/h7-10,13-14,19-22,26,30,32H,1-2,11-12,15-18H2,3-6H3;1-2H3/b10-9-,23-20+,24-19+,25-22+;. The van der Waals surface area contributed by atoms with Crippen LogP contribution in [0.15, 0.2) is 84.8 Å². The van der Waals surface area contributed by atoms with Gasteiger partial charge in [0.05, 0.1) is 0 Å². The number of nitrogens with one attached hydrogen (secondary N) is 1. The van der Waals surface area contributed by atoms with Crippen molar-refractivity contribution in [1.29, 1.82) is 0 Å². The summed E-state index contributed by atoms with van der Waals surface area (Å²) in [5, 5.41) is 3.86. The Kier molecular flexibility index (Phi) is 16.3. The highest BCUT2D eigenvalue weighted by Crippen LogP contribution is 2.39. The number of halogens is 1. The maximum absolute atomic E-state index is 6.48. The van der Waals surface area contributed by atoms with Gasteiger partial charge in [0.1, 0.15) is 0 Å². The molecule has 1 N–H and O–H groups in total. The Hall–Kier alpha value is -1.94. The molecule has 1 aliphatic rings. The summed E-state index contributed by atoms with van der Waals surface area (Å²) in [6, 6.07) is 6.42. The lowest BCUT2D eigenvalue weighted by atomic mass is 9.77. The first kappa shape index (κ1) is 32.1. The molecule has 0 bridgehead atoms. The predicted molar refractivity (Wildman–Crippen MR) is 166 cm³/mol. The fraction of sp³-hybridized carbons (Fsp3) is 0.438. The molecular weight excluding hydrogens is 480 g/mol. The summed E-state index contributed by atoms with van der Waals surface area (Å²) in [7, 11) is 0. The molecule has 4 heteroatoms. The highest BCUT2D eigenvalue weighted by molar-refractivity contribution is 7.96. The van der Waals surface area contributed by atoms with Crippen molar-refractivity contribution in [2.75, 3.05) is 19.3 Å². The molecule has 36 heavy (non-hydrogen) atoms. The fourth-order valence-electron chi connectivity index (χ4n) is 4.44. The molecule has 1 saturated heterocycles. The fourth-order valence-corrected chi connectivity index (χ4v) is 5.19. The molecular formula is C32H47ClN2S. The Bertz CT molecular complexity index is 933. The van der Waals surface area contributed by atoms with E-state index in [9.17, 15) is 0 Å². The number of hydrogen-bond acceptors (Lipinski definition) is 3. The first-order valence-electron chi connectivity index (χ1n) is 13.1. The minimum Gasteiger partial charge on any atom is -0.368 e. The minimum absolute atomic E-state index is 0.355. The van der Waals surface area contributed by atoms with E-state index in [1.807, 2.05) is 50.2 Å². The van der Waals surface area contributed by atoms with E-state index in [0.717, 1.165) is 31.0 Å². The van der Waals surface area contributed by atoms with Crippen molar-refractivity contribution < 1.29 is 0 Å². The molecule has 198 valence electrons. The molecule has 2 nitrogen and oxygen atoms in total. The van der Waals surface area contributed by atoms with E-state index in [4.69, 9.17) is 11.6 Å². The second kappa shape index (κ2) is 18.3. The number of rotatable bonds is 12. The van der Waals surface area contributed by atoms with Gasteiger partial charge in [0, 0.05) is 24.0 Å². The molecule has 1 atom stereocenters. The van der Waals surface area contributed by atoms with E-state index in [1.165, 1.54) is 40.7 Å². The molecule has 0 radical (unpaired) electrons. The second-order valence-electron chi connectivity index (χ2n) is 9.11. The van der Waals surface area contributed by atoms with E-state index >= 15 is 0 Å². The van der Waals surface area contributed by atoms with Gasteiger partial charge < -0.3 is 5.32 Å². The highest BCUT2D eigenvalue weighted by Gasteiger charge is 2.27. The maximum atomic E-state index is 6.48. The van der Waals surface area contributed by atoms with Gasteiger partial charge in [-0.05, 0) is 94.3 Å². The van der Waals surface area contributed by atoms with Crippen molar-refractivity contribution in [3.05, 3.63) is 101 Å². The third-order valence-corrected chi connectivity index (χ3v) is 7.49. The molecule has 1 aliphatic heterocycles. The van der Waals surface area contributed by atoms with Gasteiger partial charge in [-0.25, -0.2) is 0 Å². The van der Waals surface area contributed by atoms with Crippen LogP contribution < -0.4 is 5.32 Å². The van der Waals surface area contributed by atoms with Crippen molar-refractivity contribution in [3.63, 3.8) is 0 Å². The topological polar surface area (TPSA) is 15.3 Å². The van der Waals surface area contributed by atoms with Crippen molar-refractivity contribution in [2.45, 2.75) is 66.2 Å². The Morgan fingerprint density at radius 2 is 1.81 bits per heavy atom. The number of piperidine rings is 1. The van der Waals surface area contributed by atoms with Crippen molar-refractivity contribution >= 4 is 29.6 Å². The Labute approximate surface area is 231 Å². The summed E-state index contributed by atoms with van der Waals surface area (Å²) in [6.07, 6.45) is 21.1. The Balaban J connectivity index is 0.00000316. The normalized spacial score (nSPS) is 16.9. The lowest BCUT2D eigenvalue weighted by Crippen LogP contribution is -2.31. The van der Waals surface area contributed by atoms with E-state index < -0.39 is 0 Å². The van der Waals surface area contributed by atoms with Crippen LogP contribution >= 0.6 is 23.5 Å². The zero-order chi connectivity index (χ0) is 26.9. The number of hydrogen-bond donors (Lipinski definition) is 1. The zero-order valence-electron chi connectivity index (χ0n) is 23.3. The summed E-state index contributed by atoms with van der Waals surface area (Å²) >= 11 is 8.35. The minimum atomic E-state index is 0.355. The molecule has 0 amide bonds. The quantitative estimate of drug-likeness (QED) is 0.215. The molecule has 1 unspecified atom stereocenters. The molecule has 1 aromatic carbocycles. The third-order valence-electron chi connectivity index (χ3n) is 6.37. The Morgan fingerprint density at radius 3 is 2.42 bits per heavy atom. The van der Waals surface area contributed by atoms with Crippen LogP contribution in [0.4, 0.5) is 0 Å². The summed E-state index contributed by atoms with van der Waals surface area (Å²) in [4.78, 5) is 0. The van der Waals surface area contributed by atoms with Crippen LogP contribution in [0.2, 0.25) is 5.02 Å². The predicted octanol–water partition coefficient (Wildman–Crippen LogP) is 9.95. The van der Waals surface area contributed by atoms with E-state index in [0.29, 0.717) is 11.8 Å². The lowest BCUT2D eigenvalue weighted by molar-refractivity contribution is 0.274. The van der Waals surface area contributed by atoms with Crippen molar-refractivity contribution in [3.8, 4) is 0 Å². The van der Waals surface area contributed by atoms with Gasteiger partial charge in [-0.3, -0.25) is 4.31 Å². The highest BCUT2D eigenvalue weighted by atomic mass is 35.5. The van der Waals surface area contributed by atoms with Gasteiger partial charge in [-0.2, -0.15) is 0 Å². The lowest BCUT2D eigenvalue weighted by Gasteiger charge is -2.35. The maximum Gasteiger partial charge on any atom is 0.0412 e. The van der Waals surface area contributed by atoms with Crippen molar-refractivity contribution in [1.82, 2.24) is 9.62 Å². The Morgan fingerprint density at radius 1 is 1.14 bits per heavy atom. The molecule has 1 heterocycles. The van der Waals surface area contributed by atoms with Crippen LogP contribution in [0.3, 0.4) is 0 Å². The molecule has 0 spiro atoms. The number of allylic oxidation sites excluding steroid dienone is 7. The van der Waals surface area contributed by atoms with Crippen LogP contribution in [0.5, 0.6) is 0 Å². The van der Waals surface area contributed by atoms with E-state index in [-0.39, 0.29) is 0 Å². The van der Waals surface area contributed by atoms with Crippen LogP contribution in [0, 0.1) is 5.92 Å². The second-order valence-corrected chi connectivity index (χ2v) is 10.4. The van der Waals surface area contributed by atoms with Gasteiger partial charge >= 0.3 is 0 Å². The van der Waals surface area contributed by atoms with E-state index in [2.05, 4.69) is 80.2 Å². The average molecular weight is 527 g/mol.